The molecule has 0 radical (unpaired) electrons. The van der Waals surface area contributed by atoms with Crippen LogP contribution in [-0.2, 0) is 19.6 Å². The fourth-order valence-electron chi connectivity index (χ4n) is 1.87. The summed E-state index contributed by atoms with van der Waals surface area (Å²) >= 11 is 1.82. The summed E-state index contributed by atoms with van der Waals surface area (Å²) in [7, 11) is 0. The van der Waals surface area contributed by atoms with E-state index in [-0.39, 0.29) is 0 Å². The van der Waals surface area contributed by atoms with Crippen molar-refractivity contribution in [3.05, 3.63) is 39.3 Å². The van der Waals surface area contributed by atoms with Crippen molar-refractivity contribution >= 4 is 11.3 Å². The maximum atomic E-state index is 4.35. The molecular weight excluding hydrogens is 230 g/mol. The van der Waals surface area contributed by atoms with Crippen LogP contribution < -0.4 is 5.32 Å². The molecular formula is C13H19N3S. The van der Waals surface area contributed by atoms with E-state index in [9.17, 15) is 0 Å². The highest BCUT2D eigenvalue weighted by molar-refractivity contribution is 7.10. The Morgan fingerprint density at radius 1 is 1.35 bits per heavy atom. The van der Waals surface area contributed by atoms with E-state index in [1.165, 1.54) is 21.7 Å². The second-order valence-electron chi connectivity index (χ2n) is 4.20. The first-order chi connectivity index (χ1) is 8.22. The van der Waals surface area contributed by atoms with Crippen LogP contribution in [0.5, 0.6) is 0 Å². The second kappa shape index (κ2) is 5.47. The quantitative estimate of drug-likeness (QED) is 0.883. The summed E-state index contributed by atoms with van der Waals surface area (Å²) in [5.74, 6) is 0. The molecule has 0 aliphatic rings. The van der Waals surface area contributed by atoms with Crippen LogP contribution in [0.4, 0.5) is 0 Å². The Kier molecular flexibility index (Phi) is 3.97. The Morgan fingerprint density at radius 3 is 2.76 bits per heavy atom. The van der Waals surface area contributed by atoms with Crippen molar-refractivity contribution < 1.29 is 0 Å². The molecule has 0 spiro atoms. The average molecular weight is 249 g/mol. The lowest BCUT2D eigenvalue weighted by molar-refractivity contribution is 0.634. The molecule has 92 valence electrons. The van der Waals surface area contributed by atoms with Gasteiger partial charge in [-0.15, -0.1) is 11.3 Å². The number of nitrogens with zero attached hydrogens (tertiary/aromatic N) is 2. The van der Waals surface area contributed by atoms with E-state index in [1.54, 1.807) is 0 Å². The SMILES string of the molecule is CCn1ncc(CNCc2sccc2C)c1C. The van der Waals surface area contributed by atoms with Gasteiger partial charge in [-0.3, -0.25) is 4.68 Å². The lowest BCUT2D eigenvalue weighted by Crippen LogP contribution is -2.13. The Balaban J connectivity index is 1.90. The lowest BCUT2D eigenvalue weighted by atomic mass is 10.2. The smallest absolute Gasteiger partial charge is 0.0537 e. The van der Waals surface area contributed by atoms with Gasteiger partial charge in [0.05, 0.1) is 6.20 Å². The van der Waals surface area contributed by atoms with Crippen LogP contribution in [0.3, 0.4) is 0 Å². The zero-order chi connectivity index (χ0) is 12.3. The van der Waals surface area contributed by atoms with Crippen molar-refractivity contribution in [1.82, 2.24) is 15.1 Å². The van der Waals surface area contributed by atoms with Crippen molar-refractivity contribution in [1.29, 1.82) is 0 Å². The molecule has 2 heterocycles. The molecule has 17 heavy (non-hydrogen) atoms. The van der Waals surface area contributed by atoms with E-state index in [0.29, 0.717) is 0 Å². The van der Waals surface area contributed by atoms with Crippen molar-refractivity contribution in [3.8, 4) is 0 Å². The average Bonchev–Trinajstić information content (AvgIpc) is 2.87. The highest BCUT2D eigenvalue weighted by atomic mass is 32.1. The van der Waals surface area contributed by atoms with Crippen LogP contribution in [0.25, 0.3) is 0 Å². The van der Waals surface area contributed by atoms with Crippen LogP contribution in [0, 0.1) is 13.8 Å². The third-order valence-electron chi connectivity index (χ3n) is 3.07. The van der Waals surface area contributed by atoms with Gasteiger partial charge in [-0.2, -0.15) is 5.10 Å². The minimum absolute atomic E-state index is 0.892. The van der Waals surface area contributed by atoms with Crippen LogP contribution >= 0.6 is 11.3 Å². The minimum Gasteiger partial charge on any atom is -0.308 e. The first-order valence-electron chi connectivity index (χ1n) is 5.97. The Bertz CT molecular complexity index is 485. The third kappa shape index (κ3) is 2.76. The third-order valence-corrected chi connectivity index (χ3v) is 4.10. The lowest BCUT2D eigenvalue weighted by Gasteiger charge is -2.04. The van der Waals surface area contributed by atoms with Gasteiger partial charge >= 0.3 is 0 Å². The van der Waals surface area contributed by atoms with Crippen LogP contribution in [0.2, 0.25) is 0 Å². The molecule has 3 nitrogen and oxygen atoms in total. The number of rotatable bonds is 5. The molecule has 0 unspecified atom stereocenters. The highest BCUT2D eigenvalue weighted by Crippen LogP contribution is 2.15. The maximum Gasteiger partial charge on any atom is 0.0537 e. The zero-order valence-corrected chi connectivity index (χ0v) is 11.5. The van der Waals surface area contributed by atoms with Gasteiger partial charge in [0.25, 0.3) is 0 Å². The number of aryl methyl sites for hydroxylation is 2. The fraction of sp³-hybridized carbons (Fsp3) is 0.462. The molecule has 2 aromatic heterocycles. The molecule has 0 saturated heterocycles. The minimum atomic E-state index is 0.892. The summed E-state index contributed by atoms with van der Waals surface area (Å²) in [5.41, 5.74) is 3.94. The number of hydrogen-bond donors (Lipinski definition) is 1. The predicted molar refractivity (Wildman–Crippen MR) is 72.2 cm³/mol. The number of thiophene rings is 1. The van der Waals surface area contributed by atoms with Gasteiger partial charge < -0.3 is 5.32 Å². The Hall–Kier alpha value is -1.13. The van der Waals surface area contributed by atoms with E-state index in [4.69, 9.17) is 0 Å². The van der Waals surface area contributed by atoms with Gasteiger partial charge in [0.2, 0.25) is 0 Å². The van der Waals surface area contributed by atoms with Gasteiger partial charge in [0.1, 0.15) is 0 Å². The van der Waals surface area contributed by atoms with E-state index < -0.39 is 0 Å². The van der Waals surface area contributed by atoms with E-state index >= 15 is 0 Å². The first-order valence-corrected chi connectivity index (χ1v) is 6.85. The summed E-state index contributed by atoms with van der Waals surface area (Å²) in [6, 6.07) is 2.17. The van der Waals surface area contributed by atoms with E-state index in [1.807, 2.05) is 22.2 Å². The van der Waals surface area contributed by atoms with Crippen molar-refractivity contribution in [2.45, 2.75) is 40.4 Å². The van der Waals surface area contributed by atoms with Crippen LogP contribution in [-0.4, -0.2) is 9.78 Å². The molecule has 2 rings (SSSR count). The van der Waals surface area contributed by atoms with Crippen molar-refractivity contribution in [3.63, 3.8) is 0 Å². The fourth-order valence-corrected chi connectivity index (χ4v) is 2.75. The maximum absolute atomic E-state index is 4.35. The number of hydrogen-bond acceptors (Lipinski definition) is 3. The summed E-state index contributed by atoms with van der Waals surface area (Å²) in [5, 5.41) is 9.97. The highest BCUT2D eigenvalue weighted by Gasteiger charge is 2.05. The molecule has 0 aromatic carbocycles. The summed E-state index contributed by atoms with van der Waals surface area (Å²) < 4.78 is 2.04. The van der Waals surface area contributed by atoms with E-state index in [0.717, 1.165) is 19.6 Å². The summed E-state index contributed by atoms with van der Waals surface area (Å²) in [6.07, 6.45) is 1.97. The zero-order valence-electron chi connectivity index (χ0n) is 10.7. The molecule has 1 N–H and O–H groups in total. The van der Waals surface area contributed by atoms with E-state index in [2.05, 4.69) is 42.6 Å². The monoisotopic (exact) mass is 249 g/mol. The van der Waals surface area contributed by atoms with Gasteiger partial charge in [-0.1, -0.05) is 0 Å². The Labute approximate surface area is 106 Å². The normalized spacial score (nSPS) is 11.0. The molecule has 0 aliphatic carbocycles. The molecule has 0 amide bonds. The topological polar surface area (TPSA) is 29.9 Å². The molecule has 4 heteroatoms. The molecule has 0 saturated carbocycles. The second-order valence-corrected chi connectivity index (χ2v) is 5.20. The first kappa shape index (κ1) is 12.3. The molecule has 0 bridgehead atoms. The molecule has 0 aliphatic heterocycles. The van der Waals surface area contributed by atoms with Gasteiger partial charge in [0.15, 0.2) is 0 Å². The summed E-state index contributed by atoms with van der Waals surface area (Å²) in [4.78, 5) is 1.42. The molecule has 2 aromatic rings. The predicted octanol–water partition coefficient (Wildman–Crippen LogP) is 2.87. The molecule has 0 fully saturated rings. The van der Waals surface area contributed by atoms with Crippen LogP contribution in [0.1, 0.15) is 28.6 Å². The van der Waals surface area contributed by atoms with Crippen LogP contribution in [0.15, 0.2) is 17.6 Å². The summed E-state index contributed by atoms with van der Waals surface area (Å²) in [6.45, 7) is 9.18. The van der Waals surface area contributed by atoms with Gasteiger partial charge in [-0.05, 0) is 37.8 Å². The van der Waals surface area contributed by atoms with Crippen molar-refractivity contribution in [2.75, 3.05) is 0 Å². The van der Waals surface area contributed by atoms with Crippen molar-refractivity contribution in [2.24, 2.45) is 0 Å². The Morgan fingerprint density at radius 2 is 2.18 bits per heavy atom. The standard InChI is InChI=1S/C13H19N3S/c1-4-16-11(3)12(8-15-16)7-14-9-13-10(2)5-6-17-13/h5-6,8,14H,4,7,9H2,1-3H3. The number of aromatic nitrogens is 2. The number of nitrogens with one attached hydrogen (secondary N) is 1. The van der Waals surface area contributed by atoms with Gasteiger partial charge in [-0.25, -0.2) is 0 Å². The molecule has 0 atom stereocenters. The largest absolute Gasteiger partial charge is 0.308 e. The van der Waals surface area contributed by atoms with Gasteiger partial charge in [0, 0.05) is 35.8 Å².